The summed E-state index contributed by atoms with van der Waals surface area (Å²) < 4.78 is 0. The Morgan fingerprint density at radius 3 is 2.80 bits per heavy atom. The number of rotatable bonds is 5. The van der Waals surface area contributed by atoms with Crippen molar-refractivity contribution in [3.8, 4) is 0 Å². The van der Waals surface area contributed by atoms with Crippen molar-refractivity contribution in [3.63, 3.8) is 0 Å². The first-order valence-electron chi connectivity index (χ1n) is 7.04. The minimum atomic E-state index is 0.0279. The van der Waals surface area contributed by atoms with E-state index in [1.807, 2.05) is 12.1 Å². The molecule has 0 radical (unpaired) electrons. The number of nitrogens with one attached hydrogen (secondary N) is 1. The van der Waals surface area contributed by atoms with Crippen molar-refractivity contribution in [3.05, 3.63) is 33.8 Å². The van der Waals surface area contributed by atoms with Gasteiger partial charge in [-0.3, -0.25) is 4.79 Å². The van der Waals surface area contributed by atoms with Gasteiger partial charge in [-0.15, -0.1) is 0 Å². The van der Waals surface area contributed by atoms with Crippen LogP contribution >= 0.6 is 23.2 Å². The van der Waals surface area contributed by atoms with Gasteiger partial charge in [0.25, 0.3) is 0 Å². The van der Waals surface area contributed by atoms with Gasteiger partial charge in [0.05, 0.1) is 0 Å². The van der Waals surface area contributed by atoms with Crippen molar-refractivity contribution in [2.75, 3.05) is 6.54 Å². The molecule has 5 heteroatoms. The van der Waals surface area contributed by atoms with E-state index in [2.05, 4.69) is 5.32 Å². The lowest BCUT2D eigenvalue weighted by atomic mass is 10.1. The Balaban J connectivity index is 1.53. The zero-order valence-corrected chi connectivity index (χ0v) is 12.6. The Morgan fingerprint density at radius 2 is 2.15 bits per heavy atom. The van der Waals surface area contributed by atoms with E-state index >= 15 is 0 Å². The second kappa shape index (κ2) is 5.55. The minimum Gasteiger partial charge on any atom is -0.354 e. The minimum absolute atomic E-state index is 0.0279. The van der Waals surface area contributed by atoms with Crippen molar-refractivity contribution in [2.24, 2.45) is 17.6 Å². The lowest BCUT2D eigenvalue weighted by molar-refractivity contribution is -0.122. The smallest absolute Gasteiger partial charge is 0.223 e. The molecule has 2 aliphatic rings. The quantitative estimate of drug-likeness (QED) is 0.878. The van der Waals surface area contributed by atoms with E-state index in [-0.39, 0.29) is 23.8 Å². The van der Waals surface area contributed by atoms with E-state index in [0.717, 1.165) is 12.0 Å². The Hall–Kier alpha value is -0.770. The molecule has 3 rings (SSSR count). The van der Waals surface area contributed by atoms with Crippen LogP contribution in [0.4, 0.5) is 0 Å². The van der Waals surface area contributed by atoms with E-state index in [9.17, 15) is 4.79 Å². The predicted octanol–water partition coefficient (Wildman–Crippen LogP) is 2.95. The first-order valence-corrected chi connectivity index (χ1v) is 7.80. The van der Waals surface area contributed by atoms with Gasteiger partial charge in [0.2, 0.25) is 5.91 Å². The molecule has 1 aromatic rings. The van der Waals surface area contributed by atoms with Gasteiger partial charge in [-0.1, -0.05) is 29.3 Å². The molecule has 2 aliphatic carbocycles. The van der Waals surface area contributed by atoms with Gasteiger partial charge < -0.3 is 11.1 Å². The first kappa shape index (κ1) is 14.2. The van der Waals surface area contributed by atoms with Crippen LogP contribution in [-0.4, -0.2) is 18.5 Å². The molecule has 3 N–H and O–H groups in total. The maximum Gasteiger partial charge on any atom is 0.223 e. The predicted molar refractivity (Wildman–Crippen MR) is 81.0 cm³/mol. The third-order valence-electron chi connectivity index (χ3n) is 4.23. The van der Waals surface area contributed by atoms with Crippen LogP contribution in [0.15, 0.2) is 18.2 Å². The molecule has 20 heavy (non-hydrogen) atoms. The van der Waals surface area contributed by atoms with Gasteiger partial charge >= 0.3 is 0 Å². The summed E-state index contributed by atoms with van der Waals surface area (Å²) in [7, 11) is 0. The fourth-order valence-corrected chi connectivity index (χ4v) is 3.22. The summed E-state index contributed by atoms with van der Waals surface area (Å²) in [6.07, 6.45) is 3.25. The Bertz CT molecular complexity index is 531. The summed E-state index contributed by atoms with van der Waals surface area (Å²) in [5.41, 5.74) is 7.00. The van der Waals surface area contributed by atoms with Crippen LogP contribution in [0.2, 0.25) is 10.0 Å². The van der Waals surface area contributed by atoms with Gasteiger partial charge in [-0.2, -0.15) is 0 Å². The molecule has 0 aliphatic heterocycles. The molecule has 0 heterocycles. The van der Waals surface area contributed by atoms with E-state index < -0.39 is 0 Å². The van der Waals surface area contributed by atoms with E-state index in [0.29, 0.717) is 22.5 Å². The number of amides is 1. The highest BCUT2D eigenvalue weighted by Crippen LogP contribution is 2.50. The second-order valence-corrected chi connectivity index (χ2v) is 6.70. The number of halogens is 2. The Kier molecular flexibility index (Phi) is 3.93. The van der Waals surface area contributed by atoms with Crippen LogP contribution in [0.1, 0.15) is 30.7 Å². The highest BCUT2D eigenvalue weighted by atomic mass is 35.5. The SMILES string of the molecule is NC(CNC(=O)C1CC1c1ccc(Cl)cc1Cl)C1CC1. The average molecular weight is 313 g/mol. The van der Waals surface area contributed by atoms with Gasteiger partial charge in [0, 0.05) is 28.5 Å². The van der Waals surface area contributed by atoms with Gasteiger partial charge in [0.15, 0.2) is 0 Å². The molecule has 3 unspecified atom stereocenters. The molecule has 108 valence electrons. The normalized spacial score (nSPS) is 26.1. The fraction of sp³-hybridized carbons (Fsp3) is 0.533. The summed E-state index contributed by atoms with van der Waals surface area (Å²) in [5.74, 6) is 0.949. The van der Waals surface area contributed by atoms with Crippen LogP contribution in [0.3, 0.4) is 0 Å². The third kappa shape index (κ3) is 3.11. The van der Waals surface area contributed by atoms with Gasteiger partial charge in [-0.25, -0.2) is 0 Å². The highest BCUT2D eigenvalue weighted by Gasteiger charge is 2.45. The molecular formula is C15H18Cl2N2O. The zero-order valence-electron chi connectivity index (χ0n) is 11.1. The standard InChI is InChI=1S/C15H18Cl2N2O/c16-9-3-4-10(13(17)5-9)11-6-12(11)15(20)19-7-14(18)8-1-2-8/h3-5,8,11-12,14H,1-2,6-7,18H2,(H,19,20). The molecule has 3 nitrogen and oxygen atoms in total. The monoisotopic (exact) mass is 312 g/mol. The third-order valence-corrected chi connectivity index (χ3v) is 4.79. The van der Waals surface area contributed by atoms with Crippen LogP contribution in [0.5, 0.6) is 0 Å². The molecule has 2 fully saturated rings. The summed E-state index contributed by atoms with van der Waals surface area (Å²) in [4.78, 5) is 12.1. The second-order valence-electron chi connectivity index (χ2n) is 5.86. The summed E-state index contributed by atoms with van der Waals surface area (Å²) in [6, 6.07) is 5.57. The Labute approximate surface area is 128 Å². The lowest BCUT2D eigenvalue weighted by Crippen LogP contribution is -2.39. The van der Waals surface area contributed by atoms with Crippen LogP contribution in [-0.2, 0) is 4.79 Å². The molecule has 0 bridgehead atoms. The van der Waals surface area contributed by atoms with Crippen molar-refractivity contribution in [1.29, 1.82) is 0 Å². The number of carbonyl (C=O) groups is 1. The number of benzene rings is 1. The number of hydrogen-bond acceptors (Lipinski definition) is 2. The zero-order chi connectivity index (χ0) is 14.3. The molecule has 3 atom stereocenters. The van der Waals surface area contributed by atoms with Crippen molar-refractivity contribution in [2.45, 2.75) is 31.2 Å². The molecule has 1 aromatic carbocycles. The van der Waals surface area contributed by atoms with Gasteiger partial charge in [0.1, 0.15) is 0 Å². The number of hydrogen-bond donors (Lipinski definition) is 2. The number of nitrogens with two attached hydrogens (primary N) is 1. The van der Waals surface area contributed by atoms with Gasteiger partial charge in [-0.05, 0) is 48.8 Å². The van der Waals surface area contributed by atoms with Crippen molar-refractivity contribution >= 4 is 29.1 Å². The maximum atomic E-state index is 12.1. The van der Waals surface area contributed by atoms with E-state index in [4.69, 9.17) is 28.9 Å². The molecule has 2 saturated carbocycles. The van der Waals surface area contributed by atoms with E-state index in [1.54, 1.807) is 6.07 Å². The largest absolute Gasteiger partial charge is 0.354 e. The number of carbonyl (C=O) groups excluding carboxylic acids is 1. The molecule has 1 amide bonds. The lowest BCUT2D eigenvalue weighted by Gasteiger charge is -2.11. The summed E-state index contributed by atoms with van der Waals surface area (Å²) in [6.45, 7) is 0.584. The summed E-state index contributed by atoms with van der Waals surface area (Å²) >= 11 is 12.1. The van der Waals surface area contributed by atoms with Crippen LogP contribution < -0.4 is 11.1 Å². The molecule has 0 aromatic heterocycles. The molecule has 0 saturated heterocycles. The van der Waals surface area contributed by atoms with Crippen LogP contribution in [0, 0.1) is 11.8 Å². The average Bonchev–Trinajstić information content (AvgIpc) is 3.26. The van der Waals surface area contributed by atoms with Crippen molar-refractivity contribution in [1.82, 2.24) is 5.32 Å². The van der Waals surface area contributed by atoms with Crippen LogP contribution in [0.25, 0.3) is 0 Å². The highest BCUT2D eigenvalue weighted by molar-refractivity contribution is 6.35. The topological polar surface area (TPSA) is 55.1 Å². The Morgan fingerprint density at radius 1 is 1.40 bits per heavy atom. The molecule has 0 spiro atoms. The van der Waals surface area contributed by atoms with Crippen molar-refractivity contribution < 1.29 is 4.79 Å². The summed E-state index contributed by atoms with van der Waals surface area (Å²) in [5, 5.41) is 4.23. The maximum absolute atomic E-state index is 12.1. The molecular weight excluding hydrogens is 295 g/mol. The fourth-order valence-electron chi connectivity index (χ4n) is 2.67. The first-order chi connectivity index (χ1) is 9.56. The van der Waals surface area contributed by atoms with E-state index in [1.165, 1.54) is 12.8 Å².